The fourth-order valence-electron chi connectivity index (χ4n) is 1.48. The van der Waals surface area contributed by atoms with Gasteiger partial charge in [0.2, 0.25) is 5.89 Å². The van der Waals surface area contributed by atoms with Crippen LogP contribution in [-0.2, 0) is 6.54 Å². The smallest absolute Gasteiger partial charge is 0.271 e. The second kappa shape index (κ2) is 6.60. The highest BCUT2D eigenvalue weighted by molar-refractivity contribution is 5.92. The van der Waals surface area contributed by atoms with Crippen LogP contribution in [0.3, 0.4) is 0 Å². The quantitative estimate of drug-likeness (QED) is 0.808. The van der Waals surface area contributed by atoms with Crippen LogP contribution in [0.25, 0.3) is 0 Å². The van der Waals surface area contributed by atoms with Gasteiger partial charge in [0.15, 0.2) is 5.82 Å². The molecule has 2 rings (SSSR count). The standard InChI is InChI=1S/C12H16N6O2/c1-3-4-14-10-6-13-5-9(17-10)12(19)15-7-11-16-8(2)20-18-11/h5-6H,3-4,7H2,1-2H3,(H,14,17)(H,15,19). The third-order valence-corrected chi connectivity index (χ3v) is 2.40. The summed E-state index contributed by atoms with van der Waals surface area (Å²) in [6.07, 6.45) is 3.96. The molecule has 8 heteroatoms. The summed E-state index contributed by atoms with van der Waals surface area (Å²) < 4.78 is 4.82. The van der Waals surface area contributed by atoms with Crippen molar-refractivity contribution in [3.8, 4) is 0 Å². The number of carbonyl (C=O) groups excluding carboxylic acids is 1. The fraction of sp³-hybridized carbons (Fsp3) is 0.417. The molecule has 0 spiro atoms. The number of nitrogens with zero attached hydrogens (tertiary/aromatic N) is 4. The van der Waals surface area contributed by atoms with Crippen LogP contribution < -0.4 is 10.6 Å². The lowest BCUT2D eigenvalue weighted by molar-refractivity contribution is 0.0944. The second-order valence-corrected chi connectivity index (χ2v) is 4.13. The van der Waals surface area contributed by atoms with Crippen molar-refractivity contribution in [2.75, 3.05) is 11.9 Å². The molecule has 106 valence electrons. The Morgan fingerprint density at radius 3 is 2.90 bits per heavy atom. The first-order valence-electron chi connectivity index (χ1n) is 6.32. The number of hydrogen-bond acceptors (Lipinski definition) is 7. The summed E-state index contributed by atoms with van der Waals surface area (Å²) in [7, 11) is 0. The zero-order chi connectivity index (χ0) is 14.4. The number of amides is 1. The van der Waals surface area contributed by atoms with Crippen LogP contribution in [0.2, 0.25) is 0 Å². The first kappa shape index (κ1) is 13.9. The van der Waals surface area contributed by atoms with Crippen molar-refractivity contribution in [3.63, 3.8) is 0 Å². The van der Waals surface area contributed by atoms with Crippen LogP contribution in [0.4, 0.5) is 5.82 Å². The average Bonchev–Trinajstić information content (AvgIpc) is 2.88. The SMILES string of the molecule is CCCNc1cncc(C(=O)NCc2noc(C)n2)n1. The van der Waals surface area contributed by atoms with E-state index in [-0.39, 0.29) is 18.1 Å². The second-order valence-electron chi connectivity index (χ2n) is 4.13. The molecule has 1 amide bonds. The van der Waals surface area contributed by atoms with Gasteiger partial charge in [0.05, 0.1) is 18.9 Å². The van der Waals surface area contributed by atoms with Crippen molar-refractivity contribution in [2.45, 2.75) is 26.8 Å². The van der Waals surface area contributed by atoms with E-state index in [9.17, 15) is 4.79 Å². The molecule has 2 N–H and O–H groups in total. The number of rotatable bonds is 6. The number of carbonyl (C=O) groups is 1. The minimum Gasteiger partial charge on any atom is -0.369 e. The minimum absolute atomic E-state index is 0.185. The lowest BCUT2D eigenvalue weighted by atomic mass is 10.4. The molecular weight excluding hydrogens is 260 g/mol. The number of aromatic nitrogens is 4. The maximum atomic E-state index is 11.9. The van der Waals surface area contributed by atoms with E-state index in [0.29, 0.717) is 17.5 Å². The summed E-state index contributed by atoms with van der Waals surface area (Å²) in [4.78, 5) is 24.1. The van der Waals surface area contributed by atoms with E-state index in [1.165, 1.54) is 6.20 Å². The van der Waals surface area contributed by atoms with Crippen LogP contribution in [-0.4, -0.2) is 32.6 Å². The first-order valence-corrected chi connectivity index (χ1v) is 6.32. The van der Waals surface area contributed by atoms with Gasteiger partial charge in [-0.25, -0.2) is 4.98 Å². The number of nitrogens with one attached hydrogen (secondary N) is 2. The maximum absolute atomic E-state index is 11.9. The van der Waals surface area contributed by atoms with Gasteiger partial charge in [-0.05, 0) is 6.42 Å². The predicted octanol–water partition coefficient (Wildman–Crippen LogP) is 0.920. The molecule has 20 heavy (non-hydrogen) atoms. The monoisotopic (exact) mass is 276 g/mol. The maximum Gasteiger partial charge on any atom is 0.271 e. The molecule has 2 aromatic rings. The Balaban J connectivity index is 1.94. The van der Waals surface area contributed by atoms with Crippen molar-refractivity contribution in [1.29, 1.82) is 0 Å². The molecule has 0 unspecified atom stereocenters. The van der Waals surface area contributed by atoms with Crippen molar-refractivity contribution in [3.05, 3.63) is 29.8 Å². The van der Waals surface area contributed by atoms with Crippen LogP contribution in [0.1, 0.15) is 35.5 Å². The Labute approximate surface area is 116 Å². The molecule has 0 atom stereocenters. The lowest BCUT2D eigenvalue weighted by Gasteiger charge is -2.05. The Bertz CT molecular complexity index is 583. The zero-order valence-corrected chi connectivity index (χ0v) is 11.4. The highest BCUT2D eigenvalue weighted by Gasteiger charge is 2.10. The van der Waals surface area contributed by atoms with Gasteiger partial charge in [-0.15, -0.1) is 0 Å². The number of aryl methyl sites for hydroxylation is 1. The molecule has 0 aliphatic heterocycles. The largest absolute Gasteiger partial charge is 0.369 e. The molecule has 0 aromatic carbocycles. The summed E-state index contributed by atoms with van der Waals surface area (Å²) in [5.41, 5.74) is 0.242. The molecule has 8 nitrogen and oxygen atoms in total. The minimum atomic E-state index is -0.333. The molecule has 0 aliphatic carbocycles. The van der Waals surface area contributed by atoms with E-state index < -0.39 is 0 Å². The normalized spacial score (nSPS) is 10.3. The van der Waals surface area contributed by atoms with E-state index in [2.05, 4.69) is 30.7 Å². The van der Waals surface area contributed by atoms with Crippen molar-refractivity contribution < 1.29 is 9.32 Å². The highest BCUT2D eigenvalue weighted by Crippen LogP contribution is 2.02. The first-order chi connectivity index (χ1) is 9.69. The Kier molecular flexibility index (Phi) is 4.59. The van der Waals surface area contributed by atoms with Gasteiger partial charge in [0.1, 0.15) is 11.5 Å². The van der Waals surface area contributed by atoms with E-state index >= 15 is 0 Å². The van der Waals surface area contributed by atoms with Gasteiger partial charge in [0.25, 0.3) is 5.91 Å². The fourth-order valence-corrected chi connectivity index (χ4v) is 1.48. The van der Waals surface area contributed by atoms with Gasteiger partial charge >= 0.3 is 0 Å². The summed E-state index contributed by atoms with van der Waals surface area (Å²) in [6, 6.07) is 0. The molecule has 0 bridgehead atoms. The Hall–Kier alpha value is -2.51. The zero-order valence-electron chi connectivity index (χ0n) is 11.4. The third kappa shape index (κ3) is 3.74. The van der Waals surface area contributed by atoms with Crippen molar-refractivity contribution in [2.24, 2.45) is 0 Å². The molecule has 0 radical (unpaired) electrons. The summed E-state index contributed by atoms with van der Waals surface area (Å²) >= 11 is 0. The number of anilines is 1. The van der Waals surface area contributed by atoms with Crippen LogP contribution in [0, 0.1) is 6.92 Å². The summed E-state index contributed by atoms with van der Waals surface area (Å²) in [5.74, 6) is 1.12. The Morgan fingerprint density at radius 1 is 1.35 bits per heavy atom. The third-order valence-electron chi connectivity index (χ3n) is 2.40. The average molecular weight is 276 g/mol. The molecule has 0 saturated carbocycles. The Morgan fingerprint density at radius 2 is 2.20 bits per heavy atom. The van der Waals surface area contributed by atoms with E-state index in [1.54, 1.807) is 13.1 Å². The lowest BCUT2D eigenvalue weighted by Crippen LogP contribution is -2.25. The molecular formula is C12H16N6O2. The van der Waals surface area contributed by atoms with E-state index in [1.807, 2.05) is 6.92 Å². The van der Waals surface area contributed by atoms with Gasteiger partial charge < -0.3 is 15.2 Å². The molecule has 2 aromatic heterocycles. The van der Waals surface area contributed by atoms with Crippen molar-refractivity contribution >= 4 is 11.7 Å². The molecule has 2 heterocycles. The topological polar surface area (TPSA) is 106 Å². The van der Waals surface area contributed by atoms with Gasteiger partial charge in [-0.1, -0.05) is 12.1 Å². The molecule has 0 fully saturated rings. The highest BCUT2D eigenvalue weighted by atomic mass is 16.5. The predicted molar refractivity (Wildman–Crippen MR) is 71.0 cm³/mol. The van der Waals surface area contributed by atoms with Crippen LogP contribution in [0.5, 0.6) is 0 Å². The van der Waals surface area contributed by atoms with Gasteiger partial charge in [-0.3, -0.25) is 9.78 Å². The van der Waals surface area contributed by atoms with Gasteiger partial charge in [-0.2, -0.15) is 4.98 Å². The van der Waals surface area contributed by atoms with E-state index in [4.69, 9.17) is 4.52 Å². The number of hydrogen-bond donors (Lipinski definition) is 2. The summed E-state index contributed by atoms with van der Waals surface area (Å²) in [5, 5.41) is 9.42. The van der Waals surface area contributed by atoms with Crippen LogP contribution >= 0.6 is 0 Å². The molecule has 0 aliphatic rings. The van der Waals surface area contributed by atoms with Gasteiger partial charge in [0, 0.05) is 13.5 Å². The van der Waals surface area contributed by atoms with E-state index in [0.717, 1.165) is 13.0 Å². The molecule has 0 saturated heterocycles. The van der Waals surface area contributed by atoms with Crippen molar-refractivity contribution in [1.82, 2.24) is 25.4 Å². The summed E-state index contributed by atoms with van der Waals surface area (Å²) in [6.45, 7) is 4.70. The van der Waals surface area contributed by atoms with Crippen LogP contribution in [0.15, 0.2) is 16.9 Å².